The summed E-state index contributed by atoms with van der Waals surface area (Å²) in [5.74, 6) is -2.14. The van der Waals surface area contributed by atoms with E-state index in [1.807, 2.05) is 13.0 Å². The fourth-order valence-corrected chi connectivity index (χ4v) is 3.03. The lowest BCUT2D eigenvalue weighted by molar-refractivity contribution is 0.360. The Labute approximate surface area is 151 Å². The highest BCUT2D eigenvalue weighted by Crippen LogP contribution is 2.31. The SMILES string of the molecule is CCCc1cccc(-c2ccc(-c3cc(F)c(OC)c(F)c3)cc2)c1F. The summed E-state index contributed by atoms with van der Waals surface area (Å²) in [7, 11) is 1.22. The summed E-state index contributed by atoms with van der Waals surface area (Å²) in [4.78, 5) is 0. The molecule has 0 aliphatic heterocycles. The van der Waals surface area contributed by atoms with Crippen LogP contribution in [-0.4, -0.2) is 7.11 Å². The van der Waals surface area contributed by atoms with Crippen LogP contribution in [0.25, 0.3) is 22.3 Å². The monoisotopic (exact) mass is 356 g/mol. The lowest BCUT2D eigenvalue weighted by atomic mass is 9.97. The summed E-state index contributed by atoms with van der Waals surface area (Å²) in [6, 6.07) is 14.8. The number of ether oxygens (including phenoxy) is 1. The molecular formula is C22H19F3O. The van der Waals surface area contributed by atoms with Gasteiger partial charge in [0.2, 0.25) is 0 Å². The van der Waals surface area contributed by atoms with Gasteiger partial charge in [-0.25, -0.2) is 13.2 Å². The van der Waals surface area contributed by atoms with Gasteiger partial charge >= 0.3 is 0 Å². The first-order valence-electron chi connectivity index (χ1n) is 8.46. The maximum atomic E-state index is 14.6. The summed E-state index contributed by atoms with van der Waals surface area (Å²) < 4.78 is 47.1. The van der Waals surface area contributed by atoms with Crippen LogP contribution in [0, 0.1) is 17.5 Å². The lowest BCUT2D eigenvalue weighted by Crippen LogP contribution is -1.94. The van der Waals surface area contributed by atoms with Crippen molar-refractivity contribution in [3.05, 3.63) is 77.6 Å². The van der Waals surface area contributed by atoms with Crippen molar-refractivity contribution in [2.24, 2.45) is 0 Å². The van der Waals surface area contributed by atoms with Crippen molar-refractivity contribution in [3.63, 3.8) is 0 Å². The molecule has 0 atom stereocenters. The van der Waals surface area contributed by atoms with E-state index in [0.29, 0.717) is 28.7 Å². The number of rotatable bonds is 5. The third kappa shape index (κ3) is 3.45. The summed E-state index contributed by atoms with van der Waals surface area (Å²) in [6.07, 6.45) is 1.55. The Morgan fingerprint density at radius 1 is 0.808 bits per heavy atom. The molecule has 0 saturated heterocycles. The minimum Gasteiger partial charge on any atom is -0.491 e. The number of aryl methyl sites for hydroxylation is 1. The van der Waals surface area contributed by atoms with Gasteiger partial charge in [0.05, 0.1) is 7.11 Å². The molecule has 0 fully saturated rings. The van der Waals surface area contributed by atoms with Crippen LogP contribution in [0.2, 0.25) is 0 Å². The first kappa shape index (κ1) is 18.1. The number of benzene rings is 3. The van der Waals surface area contributed by atoms with Crippen LogP contribution in [0.3, 0.4) is 0 Å². The minimum atomic E-state index is -0.759. The molecular weight excluding hydrogens is 337 g/mol. The second-order valence-corrected chi connectivity index (χ2v) is 6.08. The van der Waals surface area contributed by atoms with E-state index in [1.165, 1.54) is 19.2 Å². The number of methoxy groups -OCH3 is 1. The maximum Gasteiger partial charge on any atom is 0.190 e. The van der Waals surface area contributed by atoms with Crippen LogP contribution in [0.15, 0.2) is 54.6 Å². The molecule has 3 aromatic carbocycles. The van der Waals surface area contributed by atoms with Crippen LogP contribution >= 0.6 is 0 Å². The van der Waals surface area contributed by atoms with Gasteiger partial charge in [-0.1, -0.05) is 55.8 Å². The third-order valence-corrected chi connectivity index (χ3v) is 4.33. The van der Waals surface area contributed by atoms with Gasteiger partial charge in [-0.05, 0) is 40.8 Å². The van der Waals surface area contributed by atoms with Crippen molar-refractivity contribution in [1.29, 1.82) is 0 Å². The average Bonchev–Trinajstić information content (AvgIpc) is 2.63. The predicted molar refractivity (Wildman–Crippen MR) is 97.7 cm³/mol. The highest BCUT2D eigenvalue weighted by molar-refractivity contribution is 5.71. The molecule has 0 spiro atoms. The van der Waals surface area contributed by atoms with E-state index in [9.17, 15) is 13.2 Å². The predicted octanol–water partition coefficient (Wildman–Crippen LogP) is 6.40. The molecule has 4 heteroatoms. The zero-order valence-electron chi connectivity index (χ0n) is 14.7. The Morgan fingerprint density at radius 2 is 1.42 bits per heavy atom. The normalized spacial score (nSPS) is 10.8. The molecule has 0 heterocycles. The zero-order valence-corrected chi connectivity index (χ0v) is 14.7. The Balaban J connectivity index is 1.96. The van der Waals surface area contributed by atoms with Crippen molar-refractivity contribution in [1.82, 2.24) is 0 Å². The Bertz CT molecular complexity index is 894. The Morgan fingerprint density at radius 3 is 2.00 bits per heavy atom. The third-order valence-electron chi connectivity index (χ3n) is 4.33. The molecule has 0 unspecified atom stereocenters. The Hall–Kier alpha value is -2.75. The van der Waals surface area contributed by atoms with Crippen molar-refractivity contribution in [2.75, 3.05) is 7.11 Å². The average molecular weight is 356 g/mol. The van der Waals surface area contributed by atoms with Crippen molar-refractivity contribution < 1.29 is 17.9 Å². The summed E-state index contributed by atoms with van der Waals surface area (Å²) >= 11 is 0. The van der Waals surface area contributed by atoms with Gasteiger partial charge in [-0.3, -0.25) is 0 Å². The molecule has 0 radical (unpaired) electrons. The highest BCUT2D eigenvalue weighted by atomic mass is 19.1. The minimum absolute atomic E-state index is 0.219. The molecule has 26 heavy (non-hydrogen) atoms. The van der Waals surface area contributed by atoms with Gasteiger partial charge in [-0.15, -0.1) is 0 Å². The van der Waals surface area contributed by atoms with Gasteiger partial charge in [0.1, 0.15) is 5.82 Å². The standard InChI is InChI=1S/C22H19F3O/c1-3-5-16-6-4-7-18(21(16)25)15-10-8-14(9-11-15)17-12-19(23)22(26-2)20(24)13-17/h4,6-13H,3,5H2,1-2H3. The maximum absolute atomic E-state index is 14.6. The molecule has 3 rings (SSSR count). The van der Waals surface area contributed by atoms with E-state index >= 15 is 0 Å². The fraction of sp³-hybridized carbons (Fsp3) is 0.182. The van der Waals surface area contributed by atoms with Gasteiger partial charge in [0.25, 0.3) is 0 Å². The van der Waals surface area contributed by atoms with E-state index < -0.39 is 17.4 Å². The second-order valence-electron chi connectivity index (χ2n) is 6.08. The largest absolute Gasteiger partial charge is 0.491 e. The van der Waals surface area contributed by atoms with Crippen LogP contribution in [0.4, 0.5) is 13.2 Å². The molecule has 0 aliphatic carbocycles. The molecule has 0 aromatic heterocycles. The Kier molecular flexibility index (Phi) is 5.31. The zero-order chi connectivity index (χ0) is 18.7. The van der Waals surface area contributed by atoms with E-state index in [-0.39, 0.29) is 5.82 Å². The van der Waals surface area contributed by atoms with Crippen LogP contribution < -0.4 is 4.74 Å². The fourth-order valence-electron chi connectivity index (χ4n) is 3.03. The van der Waals surface area contributed by atoms with Gasteiger partial charge in [0, 0.05) is 5.56 Å². The molecule has 0 bridgehead atoms. The first-order chi connectivity index (χ1) is 12.5. The molecule has 0 saturated carbocycles. The van der Waals surface area contributed by atoms with E-state index in [0.717, 1.165) is 12.0 Å². The second kappa shape index (κ2) is 7.65. The highest BCUT2D eigenvalue weighted by Gasteiger charge is 2.13. The lowest BCUT2D eigenvalue weighted by Gasteiger charge is -2.10. The van der Waals surface area contributed by atoms with Gasteiger partial charge in [-0.2, -0.15) is 0 Å². The molecule has 1 nitrogen and oxygen atoms in total. The summed E-state index contributed by atoms with van der Waals surface area (Å²) in [5.41, 5.74) is 2.97. The van der Waals surface area contributed by atoms with Crippen LogP contribution in [-0.2, 0) is 6.42 Å². The van der Waals surface area contributed by atoms with Gasteiger partial charge < -0.3 is 4.74 Å². The first-order valence-corrected chi connectivity index (χ1v) is 8.46. The summed E-state index contributed by atoms with van der Waals surface area (Å²) in [5, 5.41) is 0. The van der Waals surface area contributed by atoms with Gasteiger partial charge in [0.15, 0.2) is 17.4 Å². The molecule has 134 valence electrons. The number of hydrogen-bond acceptors (Lipinski definition) is 1. The van der Waals surface area contributed by atoms with E-state index in [4.69, 9.17) is 4.74 Å². The summed E-state index contributed by atoms with van der Waals surface area (Å²) in [6.45, 7) is 2.01. The van der Waals surface area contributed by atoms with E-state index in [2.05, 4.69) is 0 Å². The van der Waals surface area contributed by atoms with Crippen molar-refractivity contribution >= 4 is 0 Å². The van der Waals surface area contributed by atoms with Crippen LogP contribution in [0.5, 0.6) is 5.75 Å². The molecule has 0 amide bonds. The molecule has 0 N–H and O–H groups in total. The number of halogens is 3. The quantitative estimate of drug-likeness (QED) is 0.514. The van der Waals surface area contributed by atoms with Crippen molar-refractivity contribution in [2.45, 2.75) is 19.8 Å². The number of hydrogen-bond donors (Lipinski definition) is 0. The molecule has 0 aliphatic rings. The van der Waals surface area contributed by atoms with E-state index in [1.54, 1.807) is 36.4 Å². The van der Waals surface area contributed by atoms with Crippen LogP contribution in [0.1, 0.15) is 18.9 Å². The topological polar surface area (TPSA) is 9.23 Å². The molecule has 3 aromatic rings. The smallest absolute Gasteiger partial charge is 0.190 e. The van der Waals surface area contributed by atoms with Crippen molar-refractivity contribution in [3.8, 4) is 28.0 Å².